The van der Waals surface area contributed by atoms with Crippen LogP contribution in [0.2, 0.25) is 0 Å². The van der Waals surface area contributed by atoms with Gasteiger partial charge in [-0.15, -0.1) is 13.2 Å². The Bertz CT molecular complexity index is 265. The molecule has 1 heterocycles. The van der Waals surface area contributed by atoms with Crippen LogP contribution >= 0.6 is 0 Å². The number of piperidine rings is 1. The van der Waals surface area contributed by atoms with Gasteiger partial charge in [0.2, 0.25) is 5.91 Å². The summed E-state index contributed by atoms with van der Waals surface area (Å²) in [5.74, 6) is 0.665. The van der Waals surface area contributed by atoms with E-state index in [1.807, 2.05) is 0 Å². The third kappa shape index (κ3) is 4.35. The van der Waals surface area contributed by atoms with Crippen LogP contribution < -0.4 is 10.6 Å². The van der Waals surface area contributed by atoms with Crippen molar-refractivity contribution >= 4 is 5.91 Å². The molecule has 0 bridgehead atoms. The van der Waals surface area contributed by atoms with E-state index >= 15 is 0 Å². The Morgan fingerprint density at radius 3 is 2.65 bits per heavy atom. The smallest absolute Gasteiger partial charge is 0.224 e. The average molecular weight is 236 g/mol. The fraction of sp³-hybridized carbons (Fsp3) is 0.643. The van der Waals surface area contributed by atoms with E-state index in [1.165, 1.54) is 0 Å². The van der Waals surface area contributed by atoms with Crippen molar-refractivity contribution in [2.24, 2.45) is 11.8 Å². The lowest BCUT2D eigenvalue weighted by Gasteiger charge is -2.31. The lowest BCUT2D eigenvalue weighted by atomic mass is 9.93. The minimum Gasteiger partial charge on any atom is -0.352 e. The Morgan fingerprint density at radius 1 is 1.47 bits per heavy atom. The second-order valence-corrected chi connectivity index (χ2v) is 4.83. The van der Waals surface area contributed by atoms with Gasteiger partial charge in [0.25, 0.3) is 0 Å². The molecule has 2 unspecified atom stereocenters. The molecule has 1 rings (SSSR count). The van der Waals surface area contributed by atoms with Gasteiger partial charge in [0.15, 0.2) is 0 Å². The van der Waals surface area contributed by atoms with Crippen LogP contribution in [0.4, 0.5) is 0 Å². The topological polar surface area (TPSA) is 41.1 Å². The van der Waals surface area contributed by atoms with Crippen LogP contribution in [0.15, 0.2) is 25.3 Å². The Labute approximate surface area is 104 Å². The van der Waals surface area contributed by atoms with E-state index in [4.69, 9.17) is 0 Å². The van der Waals surface area contributed by atoms with Crippen molar-refractivity contribution in [2.45, 2.75) is 32.2 Å². The van der Waals surface area contributed by atoms with Gasteiger partial charge in [-0.25, -0.2) is 0 Å². The zero-order chi connectivity index (χ0) is 12.7. The summed E-state index contributed by atoms with van der Waals surface area (Å²) in [6.07, 6.45) is 6.16. The molecule has 1 aliphatic rings. The van der Waals surface area contributed by atoms with Gasteiger partial charge < -0.3 is 10.6 Å². The van der Waals surface area contributed by atoms with Gasteiger partial charge in [0.05, 0.1) is 0 Å². The van der Waals surface area contributed by atoms with Crippen LogP contribution in [-0.4, -0.2) is 25.0 Å². The highest BCUT2D eigenvalue weighted by Gasteiger charge is 2.25. The molecule has 0 aromatic heterocycles. The molecule has 2 atom stereocenters. The molecular formula is C14H24N2O. The van der Waals surface area contributed by atoms with Crippen molar-refractivity contribution in [1.29, 1.82) is 0 Å². The Kier molecular flexibility index (Phi) is 5.98. The molecular weight excluding hydrogens is 212 g/mol. The second-order valence-electron chi connectivity index (χ2n) is 4.83. The summed E-state index contributed by atoms with van der Waals surface area (Å²) in [7, 11) is 0. The zero-order valence-corrected chi connectivity index (χ0v) is 10.7. The molecule has 3 nitrogen and oxygen atoms in total. The van der Waals surface area contributed by atoms with Gasteiger partial charge in [-0.2, -0.15) is 0 Å². The molecule has 1 fully saturated rings. The standard InChI is InChI=1S/C14H24N2O/c1-4-6-12(7-5-2)14(17)16-13-10-15-9-8-11(13)3/h4-5,11-13,15H,1-2,6-10H2,3H3,(H,16,17). The normalized spacial score (nSPS) is 24.4. The van der Waals surface area contributed by atoms with Crippen molar-refractivity contribution in [3.63, 3.8) is 0 Å². The number of allylic oxidation sites excluding steroid dienone is 2. The number of carbonyl (C=O) groups is 1. The van der Waals surface area contributed by atoms with Gasteiger partial charge in [-0.1, -0.05) is 19.1 Å². The number of rotatable bonds is 6. The Morgan fingerprint density at radius 2 is 2.12 bits per heavy atom. The van der Waals surface area contributed by atoms with Gasteiger partial charge in [0, 0.05) is 18.5 Å². The highest BCUT2D eigenvalue weighted by atomic mass is 16.1. The molecule has 0 radical (unpaired) electrons. The van der Waals surface area contributed by atoms with Crippen LogP contribution in [0, 0.1) is 11.8 Å². The van der Waals surface area contributed by atoms with Crippen LogP contribution in [0.1, 0.15) is 26.2 Å². The molecule has 17 heavy (non-hydrogen) atoms. The van der Waals surface area contributed by atoms with Crippen molar-refractivity contribution in [1.82, 2.24) is 10.6 Å². The molecule has 1 amide bonds. The highest BCUT2D eigenvalue weighted by Crippen LogP contribution is 2.15. The largest absolute Gasteiger partial charge is 0.352 e. The van der Waals surface area contributed by atoms with Gasteiger partial charge in [-0.05, 0) is 31.7 Å². The predicted octanol–water partition coefficient (Wildman–Crippen LogP) is 1.87. The molecule has 2 N–H and O–H groups in total. The van der Waals surface area contributed by atoms with Crippen molar-refractivity contribution in [3.05, 3.63) is 25.3 Å². The summed E-state index contributed by atoms with van der Waals surface area (Å²) >= 11 is 0. The van der Waals surface area contributed by atoms with Gasteiger partial charge >= 0.3 is 0 Å². The van der Waals surface area contributed by atoms with E-state index in [0.29, 0.717) is 18.8 Å². The third-order valence-corrected chi connectivity index (χ3v) is 3.43. The molecule has 1 saturated heterocycles. The number of nitrogens with one attached hydrogen (secondary N) is 2. The number of carbonyl (C=O) groups excluding carboxylic acids is 1. The summed E-state index contributed by atoms with van der Waals surface area (Å²) in [6.45, 7) is 11.5. The molecule has 0 saturated carbocycles. The van der Waals surface area contributed by atoms with Crippen molar-refractivity contribution in [2.75, 3.05) is 13.1 Å². The van der Waals surface area contributed by atoms with Crippen LogP contribution in [0.25, 0.3) is 0 Å². The molecule has 96 valence electrons. The second kappa shape index (κ2) is 7.28. The van der Waals surface area contributed by atoms with Crippen molar-refractivity contribution < 1.29 is 4.79 Å². The van der Waals surface area contributed by atoms with Gasteiger partial charge in [-0.3, -0.25) is 4.79 Å². The van der Waals surface area contributed by atoms with E-state index in [0.717, 1.165) is 19.5 Å². The minimum absolute atomic E-state index is 0.0147. The summed E-state index contributed by atoms with van der Waals surface area (Å²) in [5.41, 5.74) is 0. The molecule has 1 aliphatic heterocycles. The minimum atomic E-state index is -0.0147. The summed E-state index contributed by atoms with van der Waals surface area (Å²) in [4.78, 5) is 12.1. The molecule has 0 aliphatic carbocycles. The Balaban J connectivity index is 2.49. The van der Waals surface area contributed by atoms with E-state index < -0.39 is 0 Å². The SMILES string of the molecule is C=CCC(CC=C)C(=O)NC1CNCCC1C. The quantitative estimate of drug-likeness (QED) is 0.691. The third-order valence-electron chi connectivity index (χ3n) is 3.43. The molecule has 3 heteroatoms. The lowest BCUT2D eigenvalue weighted by Crippen LogP contribution is -2.51. The number of amides is 1. The summed E-state index contributed by atoms with van der Waals surface area (Å²) in [6, 6.07) is 0.258. The average Bonchev–Trinajstić information content (AvgIpc) is 2.32. The molecule has 0 aromatic carbocycles. The first-order valence-corrected chi connectivity index (χ1v) is 6.42. The van der Waals surface area contributed by atoms with E-state index in [9.17, 15) is 4.79 Å². The molecule has 0 aromatic rings. The molecule has 0 spiro atoms. The Hall–Kier alpha value is -1.09. The van der Waals surface area contributed by atoms with Crippen LogP contribution in [0.5, 0.6) is 0 Å². The fourth-order valence-electron chi connectivity index (χ4n) is 2.20. The maximum Gasteiger partial charge on any atom is 0.224 e. The van der Waals surface area contributed by atoms with Crippen LogP contribution in [-0.2, 0) is 4.79 Å². The van der Waals surface area contributed by atoms with E-state index in [1.54, 1.807) is 12.2 Å². The summed E-state index contributed by atoms with van der Waals surface area (Å²) < 4.78 is 0. The monoisotopic (exact) mass is 236 g/mol. The predicted molar refractivity (Wildman–Crippen MR) is 71.7 cm³/mol. The van der Waals surface area contributed by atoms with Crippen LogP contribution in [0.3, 0.4) is 0 Å². The first-order valence-electron chi connectivity index (χ1n) is 6.42. The first kappa shape index (κ1) is 14.0. The number of hydrogen-bond donors (Lipinski definition) is 2. The maximum absolute atomic E-state index is 12.1. The maximum atomic E-state index is 12.1. The van der Waals surface area contributed by atoms with Crippen molar-refractivity contribution in [3.8, 4) is 0 Å². The highest BCUT2D eigenvalue weighted by molar-refractivity contribution is 5.79. The first-order chi connectivity index (χ1) is 8.19. The number of hydrogen-bond acceptors (Lipinski definition) is 2. The summed E-state index contributed by atoms with van der Waals surface area (Å²) in [5, 5.41) is 6.46. The van der Waals surface area contributed by atoms with E-state index in [2.05, 4.69) is 30.7 Å². The fourth-order valence-corrected chi connectivity index (χ4v) is 2.20. The lowest BCUT2D eigenvalue weighted by molar-refractivity contribution is -0.126. The zero-order valence-electron chi connectivity index (χ0n) is 10.7. The van der Waals surface area contributed by atoms with Gasteiger partial charge in [0.1, 0.15) is 0 Å². The van der Waals surface area contributed by atoms with E-state index in [-0.39, 0.29) is 17.9 Å².